The molecule has 0 aliphatic carbocycles. The van der Waals surface area contributed by atoms with Crippen molar-refractivity contribution >= 4 is 0 Å². The predicted octanol–water partition coefficient (Wildman–Crippen LogP) is 8.21. The van der Waals surface area contributed by atoms with Crippen LogP contribution in [0.25, 0.3) is 0 Å². The van der Waals surface area contributed by atoms with Crippen LogP contribution in [-0.4, -0.2) is 11.2 Å². The normalized spacial score (nSPS) is 15.4. The number of ether oxygens (including phenoxy) is 1. The van der Waals surface area contributed by atoms with Crippen molar-refractivity contribution in [1.82, 2.24) is 0 Å². The first-order valence-electron chi connectivity index (χ1n) is 11.9. The summed E-state index contributed by atoms with van der Waals surface area (Å²) in [5, 5.41) is 0. The van der Waals surface area contributed by atoms with Crippen molar-refractivity contribution in [3.05, 3.63) is 97.1 Å². The summed E-state index contributed by atoms with van der Waals surface area (Å²) < 4.78 is 7.20. The van der Waals surface area contributed by atoms with E-state index in [1.165, 1.54) is 11.1 Å². The Balaban J connectivity index is 2.42. The van der Waals surface area contributed by atoms with Crippen LogP contribution in [0.3, 0.4) is 0 Å². The number of hydrogen-bond acceptors (Lipinski definition) is 1. The monoisotopic (exact) mass is 418 g/mol. The fraction of sp³-hybridized carbons (Fsp3) is 0.467. The van der Waals surface area contributed by atoms with E-state index in [4.69, 9.17) is 4.74 Å². The summed E-state index contributed by atoms with van der Waals surface area (Å²) in [5.74, 6) is 1.23. The largest absolute Gasteiger partial charge is 0.360 e. The first-order valence-corrected chi connectivity index (χ1v) is 11.9. The quantitative estimate of drug-likeness (QED) is 0.281. The molecule has 2 aromatic rings. The third kappa shape index (κ3) is 8.15. The lowest BCUT2D eigenvalue weighted by Crippen LogP contribution is -2.45. The summed E-state index contributed by atoms with van der Waals surface area (Å²) >= 11 is 0. The molecule has 0 heterocycles. The van der Waals surface area contributed by atoms with Gasteiger partial charge in [-0.3, -0.25) is 0 Å². The van der Waals surface area contributed by atoms with E-state index in [-0.39, 0.29) is 0 Å². The van der Waals surface area contributed by atoms with Crippen molar-refractivity contribution in [1.29, 1.82) is 0 Å². The summed E-state index contributed by atoms with van der Waals surface area (Å²) in [5.41, 5.74) is 1.72. The van der Waals surface area contributed by atoms with Gasteiger partial charge in [0.15, 0.2) is 0 Å². The van der Waals surface area contributed by atoms with Crippen molar-refractivity contribution in [3.63, 3.8) is 0 Å². The standard InChI is InChI=1S/C30H42O/c1-7-29(21-19-25(3)4,23-27-15-11-9-12-16-27)31-30(8-2,22-20-26(5)6)24-28-17-13-10-14-18-28/h7-18,25-26H,1-2,19-24H2,3-6H3. The topological polar surface area (TPSA) is 9.23 Å². The second-order valence-electron chi connectivity index (χ2n) is 9.83. The molecule has 0 saturated heterocycles. The summed E-state index contributed by atoms with van der Waals surface area (Å²) in [6, 6.07) is 21.3. The SMILES string of the molecule is C=CC(CCC(C)C)(Cc1ccccc1)OC(C=C)(CCC(C)C)Cc1ccccc1. The van der Waals surface area contributed by atoms with Gasteiger partial charge in [-0.1, -0.05) is 101 Å². The average Bonchev–Trinajstić information content (AvgIpc) is 2.77. The predicted molar refractivity (Wildman–Crippen MR) is 135 cm³/mol. The molecule has 0 aliphatic heterocycles. The Morgan fingerprint density at radius 2 is 1.03 bits per heavy atom. The molecule has 0 aliphatic rings. The van der Waals surface area contributed by atoms with Crippen molar-refractivity contribution in [2.24, 2.45) is 11.8 Å². The van der Waals surface area contributed by atoms with Gasteiger partial charge in [0, 0.05) is 12.8 Å². The van der Waals surface area contributed by atoms with Gasteiger partial charge in [0.25, 0.3) is 0 Å². The molecule has 2 rings (SSSR count). The average molecular weight is 419 g/mol. The van der Waals surface area contributed by atoms with Gasteiger partial charge < -0.3 is 4.74 Å². The molecule has 1 nitrogen and oxygen atoms in total. The highest BCUT2D eigenvalue weighted by molar-refractivity contribution is 5.23. The van der Waals surface area contributed by atoms with Crippen LogP contribution in [0.5, 0.6) is 0 Å². The Morgan fingerprint density at radius 1 is 0.677 bits per heavy atom. The van der Waals surface area contributed by atoms with E-state index in [1.807, 2.05) is 0 Å². The van der Waals surface area contributed by atoms with Crippen molar-refractivity contribution in [2.75, 3.05) is 0 Å². The van der Waals surface area contributed by atoms with Crippen LogP contribution in [0, 0.1) is 11.8 Å². The van der Waals surface area contributed by atoms with Gasteiger partial charge in [-0.05, 0) is 48.6 Å². The molecule has 0 spiro atoms. The molecule has 2 atom stereocenters. The van der Waals surface area contributed by atoms with E-state index < -0.39 is 11.2 Å². The third-order valence-electron chi connectivity index (χ3n) is 6.13. The van der Waals surface area contributed by atoms with Crippen molar-refractivity contribution in [3.8, 4) is 0 Å². The minimum absolute atomic E-state index is 0.425. The highest BCUT2D eigenvalue weighted by Gasteiger charge is 2.38. The summed E-state index contributed by atoms with van der Waals surface area (Å²) in [4.78, 5) is 0. The van der Waals surface area contributed by atoms with E-state index in [9.17, 15) is 0 Å². The van der Waals surface area contributed by atoms with Gasteiger partial charge >= 0.3 is 0 Å². The number of hydrogen-bond donors (Lipinski definition) is 0. The molecule has 0 amide bonds. The van der Waals surface area contributed by atoms with Crippen LogP contribution in [-0.2, 0) is 17.6 Å². The third-order valence-corrected chi connectivity index (χ3v) is 6.13. The zero-order valence-corrected chi connectivity index (χ0v) is 20.1. The van der Waals surface area contributed by atoms with E-state index in [0.717, 1.165) is 38.5 Å². The van der Waals surface area contributed by atoms with Gasteiger partial charge in [-0.2, -0.15) is 0 Å². The summed E-state index contributed by atoms with van der Waals surface area (Å²) in [6.07, 6.45) is 9.88. The molecule has 2 aromatic carbocycles. The van der Waals surface area contributed by atoms with Crippen LogP contribution >= 0.6 is 0 Å². The van der Waals surface area contributed by atoms with Crippen LogP contribution < -0.4 is 0 Å². The van der Waals surface area contributed by atoms with Gasteiger partial charge in [0.05, 0.1) is 11.2 Å². The van der Waals surface area contributed by atoms with Crippen LogP contribution in [0.2, 0.25) is 0 Å². The summed E-state index contributed by atoms with van der Waals surface area (Å²) in [7, 11) is 0. The lowest BCUT2D eigenvalue weighted by Gasteiger charge is -2.43. The van der Waals surface area contributed by atoms with Crippen molar-refractivity contribution < 1.29 is 4.74 Å². The molecule has 0 bridgehead atoms. The fourth-order valence-corrected chi connectivity index (χ4v) is 4.14. The lowest BCUT2D eigenvalue weighted by atomic mass is 9.83. The molecule has 0 saturated carbocycles. The maximum Gasteiger partial charge on any atom is 0.0912 e. The van der Waals surface area contributed by atoms with E-state index >= 15 is 0 Å². The minimum atomic E-state index is -0.425. The smallest absolute Gasteiger partial charge is 0.0912 e. The van der Waals surface area contributed by atoms with Crippen LogP contribution in [0.4, 0.5) is 0 Å². The second-order valence-corrected chi connectivity index (χ2v) is 9.83. The zero-order chi connectivity index (χ0) is 22.7. The number of rotatable bonds is 14. The fourth-order valence-electron chi connectivity index (χ4n) is 4.14. The first-order chi connectivity index (χ1) is 14.8. The molecule has 168 valence electrons. The lowest BCUT2D eigenvalue weighted by molar-refractivity contribution is -0.118. The molecule has 31 heavy (non-hydrogen) atoms. The molecule has 0 N–H and O–H groups in total. The molecule has 1 heteroatoms. The Morgan fingerprint density at radius 3 is 1.32 bits per heavy atom. The molecule has 2 unspecified atom stereocenters. The molecular formula is C30H42O. The van der Waals surface area contributed by atoms with E-state index in [0.29, 0.717) is 11.8 Å². The Kier molecular flexibility index (Phi) is 9.78. The highest BCUT2D eigenvalue weighted by Crippen LogP contribution is 2.37. The van der Waals surface area contributed by atoms with Crippen LogP contribution in [0.15, 0.2) is 86.0 Å². The Bertz CT molecular complexity index is 709. The van der Waals surface area contributed by atoms with Crippen LogP contribution in [0.1, 0.15) is 64.5 Å². The summed E-state index contributed by atoms with van der Waals surface area (Å²) in [6.45, 7) is 17.6. The van der Waals surface area contributed by atoms with Gasteiger partial charge in [0.2, 0.25) is 0 Å². The molecular weight excluding hydrogens is 376 g/mol. The molecule has 0 radical (unpaired) electrons. The highest BCUT2D eigenvalue weighted by atomic mass is 16.5. The zero-order valence-electron chi connectivity index (χ0n) is 20.1. The maximum absolute atomic E-state index is 7.20. The van der Waals surface area contributed by atoms with Gasteiger partial charge in [-0.15, -0.1) is 13.2 Å². The van der Waals surface area contributed by atoms with E-state index in [1.54, 1.807) is 0 Å². The molecule has 0 aromatic heterocycles. The maximum atomic E-state index is 7.20. The van der Waals surface area contributed by atoms with Gasteiger partial charge in [0.1, 0.15) is 0 Å². The van der Waals surface area contributed by atoms with E-state index in [2.05, 4.69) is 114 Å². The minimum Gasteiger partial charge on any atom is -0.360 e. The second kappa shape index (κ2) is 12.1. The first kappa shape index (κ1) is 25.1. The van der Waals surface area contributed by atoms with Crippen molar-refractivity contribution in [2.45, 2.75) is 77.4 Å². The Labute approximate surface area is 191 Å². The Hall–Kier alpha value is -2.12. The number of benzene rings is 2. The van der Waals surface area contributed by atoms with Gasteiger partial charge in [-0.25, -0.2) is 0 Å². The molecule has 0 fully saturated rings.